The first-order valence-corrected chi connectivity index (χ1v) is 8.96. The lowest BCUT2D eigenvalue weighted by molar-refractivity contribution is 0.442. The van der Waals surface area contributed by atoms with Crippen molar-refractivity contribution in [1.82, 2.24) is 15.2 Å². The number of anilines is 3. The Morgan fingerprint density at radius 1 is 1.35 bits per heavy atom. The van der Waals surface area contributed by atoms with Gasteiger partial charge in [-0.15, -0.1) is 5.10 Å². The van der Waals surface area contributed by atoms with Crippen LogP contribution in [-0.4, -0.2) is 27.8 Å². The molecule has 1 N–H and O–H groups in total. The van der Waals surface area contributed by atoms with E-state index >= 15 is 0 Å². The molecule has 0 spiro atoms. The van der Waals surface area contributed by atoms with E-state index in [0.717, 1.165) is 34.9 Å². The van der Waals surface area contributed by atoms with Crippen LogP contribution < -0.4 is 10.2 Å². The van der Waals surface area contributed by atoms with Crippen LogP contribution >= 0.6 is 15.9 Å². The standard InChI is InChI=1S/C17H22BrN5/c1-3-14-6-4-5-9-23(14)17-21-16(11-19-22-17)20-13-7-8-15(18)12(2)10-13/h7-8,10-11,14H,3-6,9H2,1-2H3,(H,20,21,22). The average Bonchev–Trinajstić information content (AvgIpc) is 2.58. The van der Waals surface area contributed by atoms with E-state index in [1.807, 2.05) is 12.1 Å². The van der Waals surface area contributed by atoms with Gasteiger partial charge in [0.15, 0.2) is 5.82 Å². The minimum absolute atomic E-state index is 0.524. The van der Waals surface area contributed by atoms with Gasteiger partial charge in [-0.25, -0.2) is 0 Å². The zero-order valence-corrected chi connectivity index (χ0v) is 15.2. The number of rotatable bonds is 4. The molecule has 1 aliphatic heterocycles. The number of piperidine rings is 1. The Morgan fingerprint density at radius 3 is 3.00 bits per heavy atom. The van der Waals surface area contributed by atoms with Crippen LogP contribution in [0.2, 0.25) is 0 Å². The number of halogens is 1. The van der Waals surface area contributed by atoms with Gasteiger partial charge in [0.1, 0.15) is 0 Å². The monoisotopic (exact) mass is 375 g/mol. The van der Waals surface area contributed by atoms with E-state index in [1.54, 1.807) is 6.20 Å². The maximum absolute atomic E-state index is 4.67. The number of hydrogen-bond acceptors (Lipinski definition) is 5. The summed E-state index contributed by atoms with van der Waals surface area (Å²) >= 11 is 3.52. The molecule has 5 nitrogen and oxygen atoms in total. The molecule has 1 atom stereocenters. The third kappa shape index (κ3) is 3.80. The predicted octanol–water partition coefficient (Wildman–Crippen LogP) is 4.46. The molecule has 1 aromatic heterocycles. The highest BCUT2D eigenvalue weighted by atomic mass is 79.9. The number of benzene rings is 1. The number of aromatic nitrogens is 3. The van der Waals surface area contributed by atoms with Crippen molar-refractivity contribution in [3.63, 3.8) is 0 Å². The van der Waals surface area contributed by atoms with Crippen LogP contribution in [0, 0.1) is 6.92 Å². The summed E-state index contributed by atoms with van der Waals surface area (Å²) in [6.07, 6.45) is 6.49. The Bertz CT molecular complexity index is 676. The molecule has 1 saturated heterocycles. The fourth-order valence-corrected chi connectivity index (χ4v) is 3.28. The molecule has 3 rings (SSSR count). The van der Waals surface area contributed by atoms with E-state index in [1.165, 1.54) is 24.8 Å². The first-order valence-electron chi connectivity index (χ1n) is 8.17. The van der Waals surface area contributed by atoms with E-state index in [4.69, 9.17) is 0 Å². The normalized spacial score (nSPS) is 18.0. The van der Waals surface area contributed by atoms with Gasteiger partial charge in [0.25, 0.3) is 0 Å². The Morgan fingerprint density at radius 2 is 2.22 bits per heavy atom. The summed E-state index contributed by atoms with van der Waals surface area (Å²) in [5.41, 5.74) is 2.18. The summed E-state index contributed by atoms with van der Waals surface area (Å²) in [6, 6.07) is 6.66. The topological polar surface area (TPSA) is 53.9 Å². The van der Waals surface area contributed by atoms with Crippen molar-refractivity contribution < 1.29 is 0 Å². The van der Waals surface area contributed by atoms with Gasteiger partial charge in [-0.3, -0.25) is 0 Å². The maximum Gasteiger partial charge on any atom is 0.247 e. The molecule has 1 aliphatic rings. The van der Waals surface area contributed by atoms with Crippen LogP contribution in [0.4, 0.5) is 17.5 Å². The molecular formula is C17H22BrN5. The van der Waals surface area contributed by atoms with Gasteiger partial charge in [0, 0.05) is 22.7 Å². The lowest BCUT2D eigenvalue weighted by atomic mass is 10.0. The summed E-state index contributed by atoms with van der Waals surface area (Å²) in [5.74, 6) is 1.47. The predicted molar refractivity (Wildman–Crippen MR) is 97.3 cm³/mol. The molecule has 0 aliphatic carbocycles. The van der Waals surface area contributed by atoms with Crippen LogP contribution in [0.1, 0.15) is 38.2 Å². The second kappa shape index (κ2) is 7.25. The summed E-state index contributed by atoms with van der Waals surface area (Å²) in [7, 11) is 0. The third-order valence-corrected chi connectivity index (χ3v) is 5.22. The Hall–Kier alpha value is -1.69. The molecular weight excluding hydrogens is 354 g/mol. The van der Waals surface area contributed by atoms with E-state index in [2.05, 4.69) is 61.2 Å². The first kappa shape index (κ1) is 16.2. The molecule has 0 saturated carbocycles. The van der Waals surface area contributed by atoms with Gasteiger partial charge in [0.2, 0.25) is 5.95 Å². The zero-order chi connectivity index (χ0) is 16.2. The first-order chi connectivity index (χ1) is 11.2. The average molecular weight is 376 g/mol. The van der Waals surface area contributed by atoms with Crippen molar-refractivity contribution in [2.75, 3.05) is 16.8 Å². The molecule has 122 valence electrons. The van der Waals surface area contributed by atoms with E-state index in [0.29, 0.717) is 6.04 Å². The van der Waals surface area contributed by atoms with Crippen LogP contribution in [0.15, 0.2) is 28.9 Å². The van der Waals surface area contributed by atoms with Crippen molar-refractivity contribution in [2.45, 2.75) is 45.6 Å². The minimum atomic E-state index is 0.524. The minimum Gasteiger partial charge on any atom is -0.339 e. The number of aryl methyl sites for hydroxylation is 1. The fraction of sp³-hybridized carbons (Fsp3) is 0.471. The van der Waals surface area contributed by atoms with Crippen LogP contribution in [-0.2, 0) is 0 Å². The third-order valence-electron chi connectivity index (χ3n) is 4.33. The van der Waals surface area contributed by atoms with Crippen LogP contribution in [0.3, 0.4) is 0 Å². The molecule has 6 heteroatoms. The van der Waals surface area contributed by atoms with Gasteiger partial charge in [-0.2, -0.15) is 10.1 Å². The molecule has 0 radical (unpaired) electrons. The molecule has 0 amide bonds. The van der Waals surface area contributed by atoms with E-state index in [9.17, 15) is 0 Å². The SMILES string of the molecule is CCC1CCCCN1c1nncc(Nc2ccc(Br)c(C)c2)n1. The van der Waals surface area contributed by atoms with Crippen molar-refractivity contribution in [3.05, 3.63) is 34.4 Å². The number of nitrogens with zero attached hydrogens (tertiary/aromatic N) is 4. The Labute approximate surface area is 145 Å². The molecule has 2 aromatic rings. The summed E-state index contributed by atoms with van der Waals surface area (Å²) in [4.78, 5) is 6.97. The van der Waals surface area contributed by atoms with Gasteiger partial charge < -0.3 is 10.2 Å². The van der Waals surface area contributed by atoms with Gasteiger partial charge in [-0.1, -0.05) is 22.9 Å². The summed E-state index contributed by atoms with van der Waals surface area (Å²) in [5, 5.41) is 11.7. The largest absolute Gasteiger partial charge is 0.339 e. The van der Waals surface area contributed by atoms with Crippen LogP contribution in [0.25, 0.3) is 0 Å². The molecule has 2 heterocycles. The van der Waals surface area contributed by atoms with Crippen molar-refractivity contribution in [3.8, 4) is 0 Å². The molecule has 0 bridgehead atoms. The fourth-order valence-electron chi connectivity index (χ4n) is 3.03. The molecule has 1 unspecified atom stereocenters. The zero-order valence-electron chi connectivity index (χ0n) is 13.6. The second-order valence-electron chi connectivity index (χ2n) is 5.98. The number of nitrogens with one attached hydrogen (secondary N) is 1. The van der Waals surface area contributed by atoms with Gasteiger partial charge in [-0.05, 0) is 56.4 Å². The van der Waals surface area contributed by atoms with E-state index in [-0.39, 0.29) is 0 Å². The van der Waals surface area contributed by atoms with Crippen molar-refractivity contribution in [1.29, 1.82) is 0 Å². The van der Waals surface area contributed by atoms with Gasteiger partial charge in [0.05, 0.1) is 6.20 Å². The lowest BCUT2D eigenvalue weighted by Crippen LogP contribution is -2.40. The quantitative estimate of drug-likeness (QED) is 0.854. The van der Waals surface area contributed by atoms with Crippen LogP contribution in [0.5, 0.6) is 0 Å². The Kier molecular flexibility index (Phi) is 5.10. The maximum atomic E-state index is 4.67. The van der Waals surface area contributed by atoms with Crippen molar-refractivity contribution >= 4 is 33.4 Å². The number of hydrogen-bond donors (Lipinski definition) is 1. The molecule has 1 aromatic carbocycles. The highest BCUT2D eigenvalue weighted by molar-refractivity contribution is 9.10. The Balaban J connectivity index is 1.80. The highest BCUT2D eigenvalue weighted by Gasteiger charge is 2.23. The summed E-state index contributed by atoms with van der Waals surface area (Å²) in [6.45, 7) is 5.31. The van der Waals surface area contributed by atoms with Crippen molar-refractivity contribution in [2.24, 2.45) is 0 Å². The second-order valence-corrected chi connectivity index (χ2v) is 6.84. The lowest BCUT2D eigenvalue weighted by Gasteiger charge is -2.34. The van der Waals surface area contributed by atoms with Gasteiger partial charge >= 0.3 is 0 Å². The van der Waals surface area contributed by atoms with E-state index < -0.39 is 0 Å². The summed E-state index contributed by atoms with van der Waals surface area (Å²) < 4.78 is 1.10. The molecule has 1 fully saturated rings. The highest BCUT2D eigenvalue weighted by Crippen LogP contribution is 2.25. The smallest absolute Gasteiger partial charge is 0.247 e. The molecule has 23 heavy (non-hydrogen) atoms.